The molecule has 1 aromatic carbocycles. The number of carbonyl (C=O) groups is 1. The van der Waals surface area contributed by atoms with Crippen molar-refractivity contribution in [3.63, 3.8) is 0 Å². The van der Waals surface area contributed by atoms with E-state index in [1.165, 1.54) is 12.8 Å². The third-order valence-corrected chi connectivity index (χ3v) is 4.99. The van der Waals surface area contributed by atoms with Crippen LogP contribution in [-0.4, -0.2) is 41.5 Å². The van der Waals surface area contributed by atoms with E-state index in [0.717, 1.165) is 19.0 Å². The minimum atomic E-state index is -0.0462. The van der Waals surface area contributed by atoms with Gasteiger partial charge >= 0.3 is 0 Å². The van der Waals surface area contributed by atoms with E-state index in [2.05, 4.69) is 29.0 Å². The molecule has 1 atom stereocenters. The summed E-state index contributed by atoms with van der Waals surface area (Å²) >= 11 is 0. The molecule has 1 fully saturated rings. The number of rotatable bonds is 6. The molecule has 2 heterocycles. The van der Waals surface area contributed by atoms with Crippen LogP contribution in [0.5, 0.6) is 11.5 Å². The van der Waals surface area contributed by atoms with E-state index in [9.17, 15) is 4.79 Å². The number of benzene rings is 1. The van der Waals surface area contributed by atoms with Crippen LogP contribution < -0.4 is 10.1 Å². The van der Waals surface area contributed by atoms with Crippen molar-refractivity contribution in [2.24, 2.45) is 5.92 Å². The fraction of sp³-hybridized carbons (Fsp3) is 0.429. The highest BCUT2D eigenvalue weighted by molar-refractivity contribution is 5.94. The van der Waals surface area contributed by atoms with Crippen LogP contribution in [0.3, 0.4) is 0 Å². The van der Waals surface area contributed by atoms with E-state index in [0.29, 0.717) is 29.6 Å². The molecule has 0 spiro atoms. The zero-order valence-corrected chi connectivity index (χ0v) is 15.5. The highest BCUT2D eigenvalue weighted by Crippen LogP contribution is 2.20. The van der Waals surface area contributed by atoms with Crippen LogP contribution in [0.1, 0.15) is 37.0 Å². The summed E-state index contributed by atoms with van der Waals surface area (Å²) in [6, 6.07) is 11.2. The Bertz CT molecular complexity index is 695. The van der Waals surface area contributed by atoms with Crippen LogP contribution in [-0.2, 0) is 0 Å². The molecule has 5 nitrogen and oxygen atoms in total. The van der Waals surface area contributed by atoms with Crippen LogP contribution in [0, 0.1) is 5.92 Å². The number of pyridine rings is 1. The zero-order chi connectivity index (χ0) is 18.4. The molecular formula is C21H27N3O2. The Kier molecular flexibility index (Phi) is 6.23. The second-order valence-electron chi connectivity index (χ2n) is 7.09. The van der Waals surface area contributed by atoms with E-state index < -0.39 is 0 Å². The average Bonchev–Trinajstić information content (AvgIpc) is 2.68. The van der Waals surface area contributed by atoms with Crippen molar-refractivity contribution in [1.82, 2.24) is 15.2 Å². The molecule has 0 bridgehead atoms. The van der Waals surface area contributed by atoms with Gasteiger partial charge in [0, 0.05) is 24.3 Å². The van der Waals surface area contributed by atoms with Crippen molar-refractivity contribution >= 4 is 5.91 Å². The topological polar surface area (TPSA) is 54.5 Å². The number of piperidine rings is 1. The van der Waals surface area contributed by atoms with Gasteiger partial charge in [0.1, 0.15) is 11.5 Å². The number of hydrogen-bond donors (Lipinski definition) is 1. The average molecular weight is 353 g/mol. The molecular weight excluding hydrogens is 326 g/mol. The second kappa shape index (κ2) is 8.81. The predicted octanol–water partition coefficient (Wildman–Crippen LogP) is 3.72. The summed E-state index contributed by atoms with van der Waals surface area (Å²) in [5, 5.41) is 3.04. The summed E-state index contributed by atoms with van der Waals surface area (Å²) in [4.78, 5) is 18.9. The Balaban J connectivity index is 1.48. The van der Waals surface area contributed by atoms with Gasteiger partial charge in [-0.15, -0.1) is 0 Å². The summed E-state index contributed by atoms with van der Waals surface area (Å²) < 4.78 is 5.70. The van der Waals surface area contributed by atoms with Gasteiger partial charge in [-0.25, -0.2) is 0 Å². The number of aromatic nitrogens is 1. The summed E-state index contributed by atoms with van der Waals surface area (Å²) in [5.41, 5.74) is 0.642. The Hall–Kier alpha value is -2.40. The molecule has 0 aliphatic carbocycles. The predicted molar refractivity (Wildman–Crippen MR) is 103 cm³/mol. The minimum absolute atomic E-state index is 0.0462. The largest absolute Gasteiger partial charge is 0.456 e. The van der Waals surface area contributed by atoms with E-state index in [4.69, 9.17) is 4.74 Å². The molecule has 1 aliphatic heterocycles. The standard InChI is InChI=1S/C21H27N3O2/c1-16-9-12-24(13-10-16)17(2)14-23-21(25)18-5-7-19(8-6-18)26-20-4-3-11-22-15-20/h3-8,11,15-17H,9-10,12-14H2,1-2H3,(H,23,25). The maximum atomic E-state index is 12.4. The number of hydrogen-bond acceptors (Lipinski definition) is 4. The lowest BCUT2D eigenvalue weighted by molar-refractivity contribution is 0.0921. The number of likely N-dealkylation sites (tertiary alicyclic amines) is 1. The monoisotopic (exact) mass is 353 g/mol. The van der Waals surface area contributed by atoms with Crippen LogP contribution in [0.2, 0.25) is 0 Å². The van der Waals surface area contributed by atoms with Crippen LogP contribution in [0.4, 0.5) is 0 Å². The van der Waals surface area contributed by atoms with Gasteiger partial charge in [0.05, 0.1) is 6.20 Å². The van der Waals surface area contributed by atoms with E-state index in [-0.39, 0.29) is 5.91 Å². The van der Waals surface area contributed by atoms with Crippen molar-refractivity contribution in [1.29, 1.82) is 0 Å². The smallest absolute Gasteiger partial charge is 0.251 e. The van der Waals surface area contributed by atoms with Gasteiger partial charge in [0.25, 0.3) is 5.91 Å². The first-order valence-electron chi connectivity index (χ1n) is 9.32. The number of nitrogens with zero attached hydrogens (tertiary/aromatic N) is 2. The van der Waals surface area contributed by atoms with Crippen molar-refractivity contribution < 1.29 is 9.53 Å². The zero-order valence-electron chi connectivity index (χ0n) is 15.5. The molecule has 26 heavy (non-hydrogen) atoms. The lowest BCUT2D eigenvalue weighted by atomic mass is 9.98. The van der Waals surface area contributed by atoms with Crippen LogP contribution in [0.15, 0.2) is 48.8 Å². The van der Waals surface area contributed by atoms with Crippen molar-refractivity contribution in [3.05, 3.63) is 54.4 Å². The molecule has 1 amide bonds. The maximum absolute atomic E-state index is 12.4. The summed E-state index contributed by atoms with van der Waals surface area (Å²) in [7, 11) is 0. The summed E-state index contributed by atoms with van der Waals surface area (Å²) in [5.74, 6) is 2.13. The van der Waals surface area contributed by atoms with Crippen molar-refractivity contribution in [2.45, 2.75) is 32.7 Å². The Morgan fingerprint density at radius 2 is 1.96 bits per heavy atom. The first kappa shape index (κ1) is 18.4. The lowest BCUT2D eigenvalue weighted by Gasteiger charge is -2.35. The van der Waals surface area contributed by atoms with Crippen molar-refractivity contribution in [3.8, 4) is 11.5 Å². The highest BCUT2D eigenvalue weighted by Gasteiger charge is 2.20. The van der Waals surface area contributed by atoms with Crippen molar-refractivity contribution in [2.75, 3.05) is 19.6 Å². The van der Waals surface area contributed by atoms with Crippen LogP contribution >= 0.6 is 0 Å². The molecule has 1 unspecified atom stereocenters. The van der Waals surface area contributed by atoms with Gasteiger partial charge in [-0.05, 0) is 75.2 Å². The Morgan fingerprint density at radius 3 is 2.62 bits per heavy atom. The van der Waals surface area contributed by atoms with Gasteiger partial charge in [0.2, 0.25) is 0 Å². The number of carbonyl (C=O) groups excluding carboxylic acids is 1. The second-order valence-corrected chi connectivity index (χ2v) is 7.09. The minimum Gasteiger partial charge on any atom is -0.456 e. The maximum Gasteiger partial charge on any atom is 0.251 e. The van der Waals surface area contributed by atoms with E-state index in [1.807, 2.05) is 12.1 Å². The SMILES string of the molecule is CC1CCN(C(C)CNC(=O)c2ccc(Oc3cccnc3)cc2)CC1. The number of amides is 1. The fourth-order valence-electron chi connectivity index (χ4n) is 3.16. The molecule has 0 saturated carbocycles. The molecule has 3 rings (SSSR count). The highest BCUT2D eigenvalue weighted by atomic mass is 16.5. The summed E-state index contributed by atoms with van der Waals surface area (Å²) in [6.45, 7) is 7.41. The quantitative estimate of drug-likeness (QED) is 0.860. The molecule has 138 valence electrons. The summed E-state index contributed by atoms with van der Waals surface area (Å²) in [6.07, 6.45) is 5.85. The molecule has 1 N–H and O–H groups in total. The number of nitrogens with one attached hydrogen (secondary N) is 1. The molecule has 0 radical (unpaired) electrons. The third-order valence-electron chi connectivity index (χ3n) is 4.99. The van der Waals surface area contributed by atoms with Gasteiger partial charge in [-0.2, -0.15) is 0 Å². The van der Waals surface area contributed by atoms with E-state index >= 15 is 0 Å². The molecule has 2 aromatic rings. The van der Waals surface area contributed by atoms with Crippen LogP contribution in [0.25, 0.3) is 0 Å². The first-order chi connectivity index (χ1) is 12.6. The molecule has 1 aromatic heterocycles. The molecule has 1 saturated heterocycles. The van der Waals surface area contributed by atoms with Gasteiger partial charge in [-0.3, -0.25) is 14.7 Å². The fourth-order valence-corrected chi connectivity index (χ4v) is 3.16. The molecule has 1 aliphatic rings. The number of ether oxygens (including phenoxy) is 1. The van der Waals surface area contributed by atoms with Gasteiger partial charge in [0.15, 0.2) is 0 Å². The Morgan fingerprint density at radius 1 is 1.23 bits per heavy atom. The molecule has 5 heteroatoms. The Labute approximate surface area is 155 Å². The first-order valence-corrected chi connectivity index (χ1v) is 9.32. The van der Waals surface area contributed by atoms with Gasteiger partial charge < -0.3 is 10.1 Å². The van der Waals surface area contributed by atoms with Gasteiger partial charge in [-0.1, -0.05) is 6.92 Å². The van der Waals surface area contributed by atoms with E-state index in [1.54, 1.807) is 36.7 Å². The third kappa shape index (κ3) is 5.05. The normalized spacial score (nSPS) is 16.8. The lowest BCUT2D eigenvalue weighted by Crippen LogP contribution is -2.45.